The van der Waals surface area contributed by atoms with E-state index in [0.717, 1.165) is 0 Å². The van der Waals surface area contributed by atoms with E-state index in [9.17, 15) is 0 Å². The SMILES string of the molecule is C[C@H](CN=C(N)N)c1ccccc1. The van der Waals surface area contributed by atoms with Gasteiger partial charge in [-0.05, 0) is 5.56 Å². The Kier molecular flexibility index (Phi) is 3.31. The lowest BCUT2D eigenvalue weighted by Crippen LogP contribution is -2.23. The van der Waals surface area contributed by atoms with Crippen molar-refractivity contribution in [3.63, 3.8) is 0 Å². The summed E-state index contributed by atoms with van der Waals surface area (Å²) >= 11 is 0. The number of aliphatic imine (C=N–C) groups is 1. The molecule has 4 N–H and O–H groups in total. The average Bonchev–Trinajstić information content (AvgIpc) is 2.15. The quantitative estimate of drug-likeness (QED) is 0.535. The van der Waals surface area contributed by atoms with Gasteiger partial charge < -0.3 is 11.5 Å². The fourth-order valence-electron chi connectivity index (χ4n) is 1.13. The van der Waals surface area contributed by atoms with Crippen molar-refractivity contribution >= 4 is 5.96 Å². The number of hydrogen-bond donors (Lipinski definition) is 2. The minimum absolute atomic E-state index is 0.155. The van der Waals surface area contributed by atoms with Crippen molar-refractivity contribution < 1.29 is 0 Å². The summed E-state index contributed by atoms with van der Waals surface area (Å²) in [5.41, 5.74) is 11.8. The van der Waals surface area contributed by atoms with Gasteiger partial charge in [0.05, 0.1) is 0 Å². The maximum absolute atomic E-state index is 5.25. The van der Waals surface area contributed by atoms with Crippen LogP contribution in [0.5, 0.6) is 0 Å². The van der Waals surface area contributed by atoms with E-state index < -0.39 is 0 Å². The van der Waals surface area contributed by atoms with Gasteiger partial charge in [0.15, 0.2) is 5.96 Å². The molecule has 0 amide bonds. The number of nitrogens with two attached hydrogens (primary N) is 2. The lowest BCUT2D eigenvalue weighted by atomic mass is 10.0. The summed E-state index contributed by atoms with van der Waals surface area (Å²) in [6.45, 7) is 2.74. The Morgan fingerprint density at radius 1 is 1.31 bits per heavy atom. The van der Waals surface area contributed by atoms with Crippen molar-refractivity contribution in [1.29, 1.82) is 0 Å². The highest BCUT2D eigenvalue weighted by molar-refractivity contribution is 5.75. The fourth-order valence-corrected chi connectivity index (χ4v) is 1.13. The number of nitrogens with zero attached hydrogens (tertiary/aromatic N) is 1. The summed E-state index contributed by atoms with van der Waals surface area (Å²) in [6.07, 6.45) is 0. The van der Waals surface area contributed by atoms with Crippen molar-refractivity contribution in [3.8, 4) is 0 Å². The van der Waals surface area contributed by atoms with E-state index in [4.69, 9.17) is 11.5 Å². The predicted molar refractivity (Wildman–Crippen MR) is 55.5 cm³/mol. The van der Waals surface area contributed by atoms with Gasteiger partial charge >= 0.3 is 0 Å². The first kappa shape index (κ1) is 9.58. The molecule has 0 aromatic heterocycles. The van der Waals surface area contributed by atoms with E-state index in [1.807, 2.05) is 18.2 Å². The highest BCUT2D eigenvalue weighted by Crippen LogP contribution is 2.13. The van der Waals surface area contributed by atoms with Gasteiger partial charge in [-0.1, -0.05) is 37.3 Å². The molecule has 0 saturated heterocycles. The Bertz CT molecular complexity index is 275. The summed E-state index contributed by atoms with van der Waals surface area (Å²) in [5, 5.41) is 0. The van der Waals surface area contributed by atoms with Gasteiger partial charge in [0.2, 0.25) is 0 Å². The van der Waals surface area contributed by atoms with Crippen LogP contribution >= 0.6 is 0 Å². The highest BCUT2D eigenvalue weighted by atomic mass is 15.0. The standard InChI is InChI=1S/C10H15N3/c1-8(7-13-10(11)12)9-5-3-2-4-6-9/h2-6,8H,7H2,1H3,(H4,11,12,13)/t8-/m1/s1. The molecule has 70 valence electrons. The summed E-state index contributed by atoms with van der Waals surface area (Å²) in [6, 6.07) is 10.2. The van der Waals surface area contributed by atoms with E-state index in [2.05, 4.69) is 24.0 Å². The topological polar surface area (TPSA) is 64.4 Å². The molecule has 3 nitrogen and oxygen atoms in total. The zero-order chi connectivity index (χ0) is 9.68. The third kappa shape index (κ3) is 3.15. The van der Waals surface area contributed by atoms with Gasteiger partial charge in [-0.3, -0.25) is 4.99 Å². The van der Waals surface area contributed by atoms with Gasteiger partial charge in [-0.2, -0.15) is 0 Å². The van der Waals surface area contributed by atoms with Crippen LogP contribution in [0.3, 0.4) is 0 Å². The number of guanidine groups is 1. The minimum Gasteiger partial charge on any atom is -0.370 e. The molecule has 0 unspecified atom stereocenters. The molecule has 13 heavy (non-hydrogen) atoms. The Hall–Kier alpha value is -1.51. The summed E-state index contributed by atoms with van der Waals surface area (Å²) in [4.78, 5) is 3.97. The Labute approximate surface area is 78.5 Å². The summed E-state index contributed by atoms with van der Waals surface area (Å²) < 4.78 is 0. The molecule has 0 spiro atoms. The van der Waals surface area contributed by atoms with Crippen molar-refractivity contribution in [3.05, 3.63) is 35.9 Å². The van der Waals surface area contributed by atoms with E-state index in [1.54, 1.807) is 0 Å². The average molecular weight is 177 g/mol. The van der Waals surface area contributed by atoms with Crippen LogP contribution in [0.2, 0.25) is 0 Å². The third-order valence-corrected chi connectivity index (χ3v) is 1.92. The van der Waals surface area contributed by atoms with Crippen LogP contribution in [-0.2, 0) is 0 Å². The monoisotopic (exact) mass is 177 g/mol. The third-order valence-electron chi connectivity index (χ3n) is 1.92. The first-order chi connectivity index (χ1) is 6.20. The zero-order valence-corrected chi connectivity index (χ0v) is 7.77. The molecule has 1 rings (SSSR count). The van der Waals surface area contributed by atoms with Crippen molar-refractivity contribution in [1.82, 2.24) is 0 Å². The van der Waals surface area contributed by atoms with Crippen LogP contribution in [0.4, 0.5) is 0 Å². The molecule has 0 saturated carbocycles. The van der Waals surface area contributed by atoms with Gasteiger partial charge in [-0.25, -0.2) is 0 Å². The molecule has 1 aromatic rings. The molecule has 0 heterocycles. The molecule has 0 radical (unpaired) electrons. The Morgan fingerprint density at radius 2 is 1.92 bits per heavy atom. The predicted octanol–water partition coefficient (Wildman–Crippen LogP) is 1.06. The van der Waals surface area contributed by atoms with Crippen molar-refractivity contribution in [2.24, 2.45) is 16.5 Å². The van der Waals surface area contributed by atoms with E-state index in [0.29, 0.717) is 12.5 Å². The van der Waals surface area contributed by atoms with Crippen molar-refractivity contribution in [2.45, 2.75) is 12.8 Å². The molecular formula is C10H15N3. The summed E-state index contributed by atoms with van der Waals surface area (Å²) in [5.74, 6) is 0.520. The Morgan fingerprint density at radius 3 is 2.46 bits per heavy atom. The van der Waals surface area contributed by atoms with Gasteiger partial charge in [0, 0.05) is 12.5 Å². The maximum Gasteiger partial charge on any atom is 0.185 e. The van der Waals surface area contributed by atoms with E-state index in [-0.39, 0.29) is 5.96 Å². The zero-order valence-electron chi connectivity index (χ0n) is 7.77. The van der Waals surface area contributed by atoms with Crippen LogP contribution in [-0.4, -0.2) is 12.5 Å². The molecule has 3 heteroatoms. The van der Waals surface area contributed by atoms with E-state index >= 15 is 0 Å². The molecule has 1 aromatic carbocycles. The van der Waals surface area contributed by atoms with Gasteiger partial charge in [-0.15, -0.1) is 0 Å². The molecule has 1 atom stereocenters. The summed E-state index contributed by atoms with van der Waals surface area (Å²) in [7, 11) is 0. The lowest BCUT2D eigenvalue weighted by molar-refractivity contribution is 0.773. The number of hydrogen-bond acceptors (Lipinski definition) is 1. The highest BCUT2D eigenvalue weighted by Gasteiger charge is 2.02. The van der Waals surface area contributed by atoms with Gasteiger partial charge in [0.25, 0.3) is 0 Å². The lowest BCUT2D eigenvalue weighted by Gasteiger charge is -2.07. The second-order valence-electron chi connectivity index (χ2n) is 3.08. The van der Waals surface area contributed by atoms with Crippen LogP contribution in [0.25, 0.3) is 0 Å². The fraction of sp³-hybridized carbons (Fsp3) is 0.300. The van der Waals surface area contributed by atoms with Crippen LogP contribution < -0.4 is 11.5 Å². The Balaban J connectivity index is 2.59. The molecule has 0 fully saturated rings. The van der Waals surface area contributed by atoms with Gasteiger partial charge in [0.1, 0.15) is 0 Å². The molecule has 0 aliphatic carbocycles. The second kappa shape index (κ2) is 4.50. The first-order valence-corrected chi connectivity index (χ1v) is 4.30. The normalized spacial score (nSPS) is 12.1. The number of benzene rings is 1. The molecule has 0 bridgehead atoms. The van der Waals surface area contributed by atoms with Crippen molar-refractivity contribution in [2.75, 3.05) is 6.54 Å². The molecule has 0 aliphatic heterocycles. The maximum atomic E-state index is 5.25. The minimum atomic E-state index is 0.155. The largest absolute Gasteiger partial charge is 0.370 e. The smallest absolute Gasteiger partial charge is 0.185 e. The second-order valence-corrected chi connectivity index (χ2v) is 3.08. The van der Waals surface area contributed by atoms with Crippen LogP contribution in [0, 0.1) is 0 Å². The number of rotatable bonds is 3. The first-order valence-electron chi connectivity index (χ1n) is 4.30. The van der Waals surface area contributed by atoms with Crippen LogP contribution in [0.1, 0.15) is 18.4 Å². The molecular weight excluding hydrogens is 162 g/mol. The molecule has 0 aliphatic rings. The van der Waals surface area contributed by atoms with Crippen LogP contribution in [0.15, 0.2) is 35.3 Å². The van der Waals surface area contributed by atoms with E-state index in [1.165, 1.54) is 5.56 Å².